The Morgan fingerprint density at radius 2 is 2.12 bits per heavy atom. The molecule has 1 aromatic heterocycles. The number of rotatable bonds is 4. The topological polar surface area (TPSA) is 39.4 Å². The van der Waals surface area contributed by atoms with Crippen molar-refractivity contribution in [2.24, 2.45) is 0 Å². The molecule has 0 fully saturated rings. The molecule has 0 saturated carbocycles. The van der Waals surface area contributed by atoms with Gasteiger partial charge in [0.15, 0.2) is 6.29 Å². The molecule has 0 bridgehead atoms. The number of carbonyl (C=O) groups is 1. The summed E-state index contributed by atoms with van der Waals surface area (Å²) in [5, 5.41) is 0. The highest BCUT2D eigenvalue weighted by Gasteiger charge is 2.10. The Bertz CT molecular complexity index is 552. The van der Waals surface area contributed by atoms with E-state index in [0.717, 1.165) is 17.4 Å². The maximum Gasteiger partial charge on any atom is 0.153 e. The van der Waals surface area contributed by atoms with Crippen LogP contribution < -0.4 is 4.74 Å². The van der Waals surface area contributed by atoms with Gasteiger partial charge in [-0.25, -0.2) is 0 Å². The minimum atomic E-state index is 0.506. The Morgan fingerprint density at radius 1 is 1.29 bits per heavy atom. The Balaban J connectivity index is 2.54. The largest absolute Gasteiger partial charge is 0.496 e. The van der Waals surface area contributed by atoms with Crippen molar-refractivity contribution in [1.82, 2.24) is 0 Å². The first kappa shape index (κ1) is 11.2. The van der Waals surface area contributed by atoms with Gasteiger partial charge < -0.3 is 9.15 Å². The molecule has 0 aliphatic heterocycles. The summed E-state index contributed by atoms with van der Waals surface area (Å²) in [4.78, 5) is 10.6. The lowest BCUT2D eigenvalue weighted by Crippen LogP contribution is -1.87. The lowest BCUT2D eigenvalue weighted by molar-refractivity contribution is 0.112. The molecule has 1 aromatic carbocycles. The third-order valence-corrected chi connectivity index (χ3v) is 2.48. The van der Waals surface area contributed by atoms with Crippen LogP contribution in [0.15, 0.2) is 41.5 Å². The van der Waals surface area contributed by atoms with E-state index in [2.05, 4.69) is 6.58 Å². The van der Waals surface area contributed by atoms with Crippen molar-refractivity contribution in [1.29, 1.82) is 0 Å². The minimum Gasteiger partial charge on any atom is -0.496 e. The van der Waals surface area contributed by atoms with Crippen LogP contribution in [0.1, 0.15) is 15.9 Å². The highest BCUT2D eigenvalue weighted by molar-refractivity contribution is 5.79. The zero-order valence-electron chi connectivity index (χ0n) is 9.47. The monoisotopic (exact) mass is 228 g/mol. The predicted octanol–water partition coefficient (Wildman–Crippen LogP) is 3.41. The molecule has 0 N–H and O–H groups in total. The van der Waals surface area contributed by atoms with E-state index in [1.807, 2.05) is 18.2 Å². The van der Waals surface area contributed by atoms with Crippen LogP contribution in [0.25, 0.3) is 17.4 Å². The van der Waals surface area contributed by atoms with E-state index in [9.17, 15) is 4.79 Å². The average Bonchev–Trinajstić information content (AvgIpc) is 2.86. The lowest BCUT2D eigenvalue weighted by Gasteiger charge is -2.06. The van der Waals surface area contributed by atoms with Gasteiger partial charge in [-0.2, -0.15) is 0 Å². The molecule has 17 heavy (non-hydrogen) atoms. The molecule has 86 valence electrons. The molecule has 3 nitrogen and oxygen atoms in total. The van der Waals surface area contributed by atoms with Crippen LogP contribution in [-0.4, -0.2) is 13.4 Å². The van der Waals surface area contributed by atoms with Gasteiger partial charge in [-0.05, 0) is 23.8 Å². The fourth-order valence-electron chi connectivity index (χ4n) is 1.60. The third-order valence-electron chi connectivity index (χ3n) is 2.48. The number of hydrogen-bond acceptors (Lipinski definition) is 3. The molecule has 2 rings (SSSR count). The normalized spacial score (nSPS) is 9.94. The summed E-state index contributed by atoms with van der Waals surface area (Å²) < 4.78 is 10.6. The zero-order chi connectivity index (χ0) is 12.3. The van der Waals surface area contributed by atoms with Crippen molar-refractivity contribution >= 4 is 12.4 Å². The summed E-state index contributed by atoms with van der Waals surface area (Å²) in [6.45, 7) is 3.71. The third kappa shape index (κ3) is 2.13. The molecule has 3 heteroatoms. The van der Waals surface area contributed by atoms with Crippen molar-refractivity contribution in [3.05, 3.63) is 48.2 Å². The van der Waals surface area contributed by atoms with E-state index >= 15 is 0 Å². The second kappa shape index (κ2) is 4.70. The average molecular weight is 228 g/mol. The van der Waals surface area contributed by atoms with Crippen molar-refractivity contribution in [3.63, 3.8) is 0 Å². The number of carbonyl (C=O) groups excluding carboxylic acids is 1. The van der Waals surface area contributed by atoms with Gasteiger partial charge in [-0.1, -0.05) is 18.7 Å². The second-order valence-electron chi connectivity index (χ2n) is 3.53. The molecule has 0 amide bonds. The van der Waals surface area contributed by atoms with E-state index in [1.54, 1.807) is 19.3 Å². The van der Waals surface area contributed by atoms with E-state index < -0.39 is 0 Å². The first-order valence-electron chi connectivity index (χ1n) is 5.13. The maximum atomic E-state index is 10.6. The molecular formula is C14H12O3. The predicted molar refractivity (Wildman–Crippen MR) is 66.2 cm³/mol. The molecule has 0 atom stereocenters. The molecule has 0 aliphatic rings. The summed E-state index contributed by atoms with van der Waals surface area (Å²) in [7, 11) is 1.59. The minimum absolute atomic E-state index is 0.506. The second-order valence-corrected chi connectivity index (χ2v) is 3.53. The van der Waals surface area contributed by atoms with E-state index in [1.165, 1.54) is 6.26 Å². The van der Waals surface area contributed by atoms with Crippen molar-refractivity contribution in [2.45, 2.75) is 0 Å². The van der Waals surface area contributed by atoms with Crippen LogP contribution in [0.5, 0.6) is 5.75 Å². The first-order valence-corrected chi connectivity index (χ1v) is 5.13. The molecule has 0 unspecified atom stereocenters. The van der Waals surface area contributed by atoms with Gasteiger partial charge in [-0.15, -0.1) is 0 Å². The van der Waals surface area contributed by atoms with Gasteiger partial charge in [0.05, 0.1) is 18.2 Å². The summed E-state index contributed by atoms with van der Waals surface area (Å²) in [6.07, 6.45) is 3.91. The van der Waals surface area contributed by atoms with Gasteiger partial charge in [-0.3, -0.25) is 4.79 Å². The number of hydrogen-bond donors (Lipinski definition) is 0. The lowest BCUT2D eigenvalue weighted by atomic mass is 10.1. The molecule has 0 radical (unpaired) electrons. The number of furan rings is 1. The quantitative estimate of drug-likeness (QED) is 0.753. The summed E-state index contributed by atoms with van der Waals surface area (Å²) in [5.74, 6) is 1.30. The van der Waals surface area contributed by atoms with Crippen LogP contribution in [0, 0.1) is 0 Å². The molecule has 0 spiro atoms. The Morgan fingerprint density at radius 3 is 2.71 bits per heavy atom. The maximum absolute atomic E-state index is 10.6. The first-order chi connectivity index (χ1) is 8.28. The Labute approximate surface area is 99.3 Å². The van der Waals surface area contributed by atoms with Crippen LogP contribution in [0.2, 0.25) is 0 Å². The summed E-state index contributed by atoms with van der Waals surface area (Å²) >= 11 is 0. The fraction of sp³-hybridized carbons (Fsp3) is 0.0714. The number of ether oxygens (including phenoxy) is 1. The van der Waals surface area contributed by atoms with Gasteiger partial charge in [0.25, 0.3) is 0 Å². The molecular weight excluding hydrogens is 216 g/mol. The Hall–Kier alpha value is -2.29. The Kier molecular flexibility index (Phi) is 3.10. The van der Waals surface area contributed by atoms with Gasteiger partial charge >= 0.3 is 0 Å². The highest BCUT2D eigenvalue weighted by Crippen LogP contribution is 2.32. The van der Waals surface area contributed by atoms with Crippen LogP contribution in [0.3, 0.4) is 0 Å². The zero-order valence-corrected chi connectivity index (χ0v) is 9.47. The molecule has 0 saturated heterocycles. The number of methoxy groups -OCH3 is 1. The van der Waals surface area contributed by atoms with Crippen LogP contribution in [-0.2, 0) is 0 Å². The molecule has 0 aliphatic carbocycles. The molecule has 1 heterocycles. The summed E-state index contributed by atoms with van der Waals surface area (Å²) in [5.41, 5.74) is 2.27. The van der Waals surface area contributed by atoms with Crippen molar-refractivity contribution in [3.8, 4) is 17.1 Å². The van der Waals surface area contributed by atoms with Gasteiger partial charge in [0.1, 0.15) is 17.8 Å². The standard InChI is InChI=1S/C14H12O3/c1-3-10-4-5-13(16-2)12(6-10)14-7-11(8-15)9-17-14/h3-9H,1H2,2H3. The number of aldehydes is 1. The van der Waals surface area contributed by atoms with E-state index in [0.29, 0.717) is 17.1 Å². The van der Waals surface area contributed by atoms with Crippen LogP contribution >= 0.6 is 0 Å². The van der Waals surface area contributed by atoms with Gasteiger partial charge in [0.2, 0.25) is 0 Å². The van der Waals surface area contributed by atoms with Crippen molar-refractivity contribution in [2.75, 3.05) is 7.11 Å². The van der Waals surface area contributed by atoms with E-state index in [-0.39, 0.29) is 0 Å². The van der Waals surface area contributed by atoms with Gasteiger partial charge in [0, 0.05) is 0 Å². The van der Waals surface area contributed by atoms with Crippen LogP contribution in [0.4, 0.5) is 0 Å². The smallest absolute Gasteiger partial charge is 0.153 e. The highest BCUT2D eigenvalue weighted by atomic mass is 16.5. The van der Waals surface area contributed by atoms with E-state index in [4.69, 9.17) is 9.15 Å². The number of benzene rings is 1. The summed E-state index contributed by atoms with van der Waals surface area (Å²) in [6, 6.07) is 7.32. The molecule has 2 aromatic rings. The fourth-order valence-corrected chi connectivity index (χ4v) is 1.60. The SMILES string of the molecule is C=Cc1ccc(OC)c(-c2cc(C=O)co2)c1. The van der Waals surface area contributed by atoms with Crippen molar-refractivity contribution < 1.29 is 13.9 Å².